The molecular weight excluding hydrogens is 318 g/mol. The Morgan fingerprint density at radius 3 is 2.56 bits per heavy atom. The second-order valence-corrected chi connectivity index (χ2v) is 7.89. The van der Waals surface area contributed by atoms with Crippen molar-refractivity contribution in [2.24, 2.45) is 10.8 Å². The maximum absolute atomic E-state index is 12.6. The first kappa shape index (κ1) is 18.9. The number of carbonyl (C=O) groups excluding carboxylic acids is 2. The first-order valence-corrected chi connectivity index (χ1v) is 8.37. The molecule has 0 bridgehead atoms. The SMILES string of the molecule is Cc1noc(C)c1C(=O)N(C)CC[C@]1(C)C=C(C#N)C(=O)C(C)(C)C1. The van der Waals surface area contributed by atoms with Crippen LogP contribution in [0.1, 0.15) is 55.4 Å². The number of ketones is 1. The van der Waals surface area contributed by atoms with E-state index in [0.717, 1.165) is 0 Å². The largest absolute Gasteiger partial charge is 0.361 e. The summed E-state index contributed by atoms with van der Waals surface area (Å²) in [6, 6.07) is 2.02. The van der Waals surface area contributed by atoms with Crippen molar-refractivity contribution in [1.29, 1.82) is 5.26 Å². The fraction of sp³-hybridized carbons (Fsp3) is 0.579. The van der Waals surface area contributed by atoms with Crippen molar-refractivity contribution < 1.29 is 14.1 Å². The molecule has 25 heavy (non-hydrogen) atoms. The van der Waals surface area contributed by atoms with Gasteiger partial charge in [0.2, 0.25) is 0 Å². The number of hydrogen-bond acceptors (Lipinski definition) is 5. The zero-order valence-corrected chi connectivity index (χ0v) is 15.8. The van der Waals surface area contributed by atoms with Gasteiger partial charge in [0, 0.05) is 19.0 Å². The van der Waals surface area contributed by atoms with E-state index in [1.807, 2.05) is 26.8 Å². The van der Waals surface area contributed by atoms with E-state index in [1.54, 1.807) is 31.9 Å². The lowest BCUT2D eigenvalue weighted by Crippen LogP contribution is -2.39. The summed E-state index contributed by atoms with van der Waals surface area (Å²) >= 11 is 0. The van der Waals surface area contributed by atoms with E-state index in [1.165, 1.54) is 0 Å². The molecule has 0 saturated heterocycles. The highest BCUT2D eigenvalue weighted by molar-refractivity contribution is 6.03. The number of nitrogens with zero attached hydrogens (tertiary/aromatic N) is 3. The Bertz CT molecular complexity index is 763. The first-order chi connectivity index (χ1) is 11.5. The number of amides is 1. The topological polar surface area (TPSA) is 87.2 Å². The van der Waals surface area contributed by atoms with E-state index in [9.17, 15) is 14.9 Å². The molecule has 1 atom stereocenters. The Kier molecular flexibility index (Phi) is 4.90. The summed E-state index contributed by atoms with van der Waals surface area (Å²) in [7, 11) is 1.74. The summed E-state index contributed by atoms with van der Waals surface area (Å²) in [6.07, 6.45) is 3.09. The number of carbonyl (C=O) groups is 2. The Hall–Kier alpha value is -2.42. The molecule has 0 fully saturated rings. The zero-order chi connectivity index (χ0) is 19.0. The highest BCUT2D eigenvalue weighted by Crippen LogP contribution is 2.44. The van der Waals surface area contributed by atoms with Crippen LogP contribution in [0.2, 0.25) is 0 Å². The molecule has 1 aliphatic rings. The van der Waals surface area contributed by atoms with Crippen LogP contribution in [0.3, 0.4) is 0 Å². The molecule has 1 amide bonds. The molecule has 1 aromatic heterocycles. The van der Waals surface area contributed by atoms with Gasteiger partial charge in [0.05, 0.1) is 11.3 Å². The van der Waals surface area contributed by atoms with E-state index < -0.39 is 5.41 Å². The molecule has 0 saturated carbocycles. The fourth-order valence-corrected chi connectivity index (χ4v) is 3.67. The second-order valence-electron chi connectivity index (χ2n) is 7.89. The average Bonchev–Trinajstić information content (AvgIpc) is 2.86. The van der Waals surface area contributed by atoms with E-state index in [-0.39, 0.29) is 22.7 Å². The van der Waals surface area contributed by atoms with Gasteiger partial charge in [0.15, 0.2) is 5.78 Å². The van der Waals surface area contributed by atoms with Crippen molar-refractivity contribution in [3.05, 3.63) is 28.7 Å². The molecule has 134 valence electrons. The van der Waals surface area contributed by atoms with Crippen LogP contribution in [-0.2, 0) is 4.79 Å². The standard InChI is InChI=1S/C19H25N3O3/c1-12-15(13(2)25-21-12)17(24)22(6)8-7-19(5)9-14(10-20)16(23)18(3,4)11-19/h9H,7-8,11H2,1-6H3/t19-/m1/s1. The number of aryl methyl sites for hydroxylation is 2. The molecule has 6 heteroatoms. The van der Waals surface area contributed by atoms with Crippen LogP contribution in [0, 0.1) is 36.0 Å². The predicted octanol–water partition coefficient (Wildman–Crippen LogP) is 3.21. The molecule has 0 spiro atoms. The van der Waals surface area contributed by atoms with Gasteiger partial charge in [-0.25, -0.2) is 0 Å². The molecule has 2 rings (SSSR count). The maximum atomic E-state index is 12.6. The van der Waals surface area contributed by atoms with Gasteiger partial charge < -0.3 is 9.42 Å². The summed E-state index contributed by atoms with van der Waals surface area (Å²) in [4.78, 5) is 26.5. The zero-order valence-electron chi connectivity index (χ0n) is 15.8. The van der Waals surface area contributed by atoms with E-state index in [2.05, 4.69) is 5.16 Å². The smallest absolute Gasteiger partial charge is 0.259 e. The number of aromatic nitrogens is 1. The van der Waals surface area contributed by atoms with Gasteiger partial charge in [0.1, 0.15) is 17.4 Å². The molecule has 1 heterocycles. The number of rotatable bonds is 4. The van der Waals surface area contributed by atoms with Crippen LogP contribution in [0.4, 0.5) is 0 Å². The molecule has 6 nitrogen and oxygen atoms in total. The van der Waals surface area contributed by atoms with Crippen molar-refractivity contribution in [2.45, 2.75) is 47.5 Å². The molecule has 0 radical (unpaired) electrons. The minimum atomic E-state index is -0.571. The van der Waals surface area contributed by atoms with Gasteiger partial charge >= 0.3 is 0 Å². The minimum Gasteiger partial charge on any atom is -0.361 e. The number of Topliss-reactive ketones (excluding diaryl/α,β-unsaturated/α-hetero) is 1. The summed E-state index contributed by atoms with van der Waals surface area (Å²) in [6.45, 7) is 9.76. The van der Waals surface area contributed by atoms with Crippen LogP contribution < -0.4 is 0 Å². The lowest BCUT2D eigenvalue weighted by atomic mass is 9.64. The van der Waals surface area contributed by atoms with Gasteiger partial charge in [-0.3, -0.25) is 9.59 Å². The van der Waals surface area contributed by atoms with Crippen LogP contribution in [0.15, 0.2) is 16.2 Å². The quantitative estimate of drug-likeness (QED) is 0.837. The lowest BCUT2D eigenvalue weighted by Gasteiger charge is -2.39. The second kappa shape index (κ2) is 6.47. The Morgan fingerprint density at radius 2 is 2.04 bits per heavy atom. The van der Waals surface area contributed by atoms with Crippen molar-refractivity contribution in [1.82, 2.24) is 10.1 Å². The minimum absolute atomic E-state index is 0.104. The van der Waals surface area contributed by atoms with Crippen molar-refractivity contribution >= 4 is 11.7 Å². The molecule has 0 aromatic carbocycles. The molecule has 1 aromatic rings. The average molecular weight is 343 g/mol. The number of allylic oxidation sites excluding steroid dienone is 2. The number of hydrogen-bond donors (Lipinski definition) is 0. The third kappa shape index (κ3) is 3.65. The van der Waals surface area contributed by atoms with Crippen molar-refractivity contribution in [3.63, 3.8) is 0 Å². The highest BCUT2D eigenvalue weighted by Gasteiger charge is 2.42. The van der Waals surface area contributed by atoms with Crippen LogP contribution in [-0.4, -0.2) is 35.3 Å². The van der Waals surface area contributed by atoms with Gasteiger partial charge in [0.25, 0.3) is 5.91 Å². The Balaban J connectivity index is 2.15. The van der Waals surface area contributed by atoms with Crippen molar-refractivity contribution in [2.75, 3.05) is 13.6 Å². The highest BCUT2D eigenvalue weighted by atomic mass is 16.5. The molecular formula is C19H25N3O3. The summed E-state index contributed by atoms with van der Waals surface area (Å²) < 4.78 is 5.07. The van der Waals surface area contributed by atoms with E-state index in [4.69, 9.17) is 4.52 Å². The van der Waals surface area contributed by atoms with Gasteiger partial charge in [-0.05, 0) is 32.1 Å². The van der Waals surface area contributed by atoms with Crippen LogP contribution in [0.5, 0.6) is 0 Å². The van der Waals surface area contributed by atoms with E-state index >= 15 is 0 Å². The van der Waals surface area contributed by atoms with Gasteiger partial charge in [-0.1, -0.05) is 32.0 Å². The van der Waals surface area contributed by atoms with Crippen LogP contribution in [0.25, 0.3) is 0 Å². The summed E-state index contributed by atoms with van der Waals surface area (Å²) in [5, 5.41) is 13.1. The fourth-order valence-electron chi connectivity index (χ4n) is 3.67. The third-order valence-corrected chi connectivity index (χ3v) is 4.93. The molecule has 0 unspecified atom stereocenters. The lowest BCUT2D eigenvalue weighted by molar-refractivity contribution is -0.125. The van der Waals surface area contributed by atoms with Crippen LogP contribution >= 0.6 is 0 Å². The number of nitriles is 1. The van der Waals surface area contributed by atoms with Gasteiger partial charge in [-0.2, -0.15) is 5.26 Å². The van der Waals surface area contributed by atoms with E-state index in [0.29, 0.717) is 36.4 Å². The Morgan fingerprint density at radius 1 is 1.40 bits per heavy atom. The molecule has 0 aliphatic heterocycles. The monoisotopic (exact) mass is 343 g/mol. The summed E-state index contributed by atoms with van der Waals surface area (Å²) in [5.74, 6) is 0.278. The normalized spacial score (nSPS) is 22.3. The molecule has 1 aliphatic carbocycles. The Labute approximate surface area is 148 Å². The molecule has 0 N–H and O–H groups in total. The first-order valence-electron chi connectivity index (χ1n) is 8.37. The third-order valence-electron chi connectivity index (χ3n) is 4.93. The van der Waals surface area contributed by atoms with Gasteiger partial charge in [-0.15, -0.1) is 0 Å². The van der Waals surface area contributed by atoms with Crippen molar-refractivity contribution in [3.8, 4) is 6.07 Å². The summed E-state index contributed by atoms with van der Waals surface area (Å²) in [5.41, 5.74) is 0.421. The predicted molar refractivity (Wildman–Crippen MR) is 92.8 cm³/mol. The maximum Gasteiger partial charge on any atom is 0.259 e.